The minimum atomic E-state index is 0.614. The summed E-state index contributed by atoms with van der Waals surface area (Å²) < 4.78 is 2.52. The minimum Gasteiger partial charge on any atom is -0.346 e. The second-order valence-corrected chi connectivity index (χ2v) is 7.94. The zero-order valence-electron chi connectivity index (χ0n) is 15.0. The zero-order chi connectivity index (χ0) is 16.3. The first-order chi connectivity index (χ1) is 11.8. The van der Waals surface area contributed by atoms with E-state index in [-0.39, 0.29) is 0 Å². The third kappa shape index (κ3) is 1.91. The lowest BCUT2D eigenvalue weighted by Gasteiger charge is -2.35. The molecule has 0 saturated carbocycles. The number of para-hydroxylation sites is 1. The number of aryl methyl sites for hydroxylation is 1. The quantitative estimate of drug-likeness (QED) is 0.825. The molecular weight excluding hydrogens is 294 g/mol. The topological polar surface area (TPSA) is 11.4 Å². The fraction of sp³-hybridized carbons (Fsp3) is 0.619. The van der Waals surface area contributed by atoms with Crippen LogP contribution in [0.2, 0.25) is 0 Å². The maximum Gasteiger partial charge on any atom is 0.0674 e. The molecule has 2 fully saturated rings. The van der Waals surface area contributed by atoms with E-state index < -0.39 is 0 Å². The Morgan fingerprint density at radius 1 is 1.08 bits per heavy atom. The first kappa shape index (κ1) is 15.0. The Morgan fingerprint density at radius 3 is 2.83 bits per heavy atom. The summed E-state index contributed by atoms with van der Waals surface area (Å²) in [6, 6.07) is 10.4. The average molecular weight is 323 g/mol. The van der Waals surface area contributed by atoms with Crippen LogP contribution in [0.1, 0.15) is 56.3 Å². The van der Waals surface area contributed by atoms with Crippen LogP contribution < -0.4 is 0 Å². The number of piperidine rings is 1. The molecule has 4 heterocycles. The number of nitrogens with zero attached hydrogens (tertiary/aromatic N) is 3. The monoisotopic (exact) mass is 323 g/mol. The second kappa shape index (κ2) is 5.60. The number of fused-ring (bicyclic) bond motifs is 7. The third-order valence-electron chi connectivity index (χ3n) is 6.79. The molecule has 2 saturated heterocycles. The SMILES string of the molecule is CCCC1N2CCCCC2C2c3c(c4ccccc4n3C)CCN21. The van der Waals surface area contributed by atoms with E-state index in [9.17, 15) is 0 Å². The van der Waals surface area contributed by atoms with Crippen molar-refractivity contribution in [2.45, 2.75) is 63.7 Å². The van der Waals surface area contributed by atoms with Crippen molar-refractivity contribution < 1.29 is 0 Å². The first-order valence-electron chi connectivity index (χ1n) is 9.89. The summed E-state index contributed by atoms with van der Waals surface area (Å²) in [5.74, 6) is 0. The van der Waals surface area contributed by atoms with Gasteiger partial charge >= 0.3 is 0 Å². The fourth-order valence-electron chi connectivity index (χ4n) is 5.88. The smallest absolute Gasteiger partial charge is 0.0674 e. The molecule has 0 bridgehead atoms. The van der Waals surface area contributed by atoms with Gasteiger partial charge in [0.25, 0.3) is 0 Å². The molecule has 3 aliphatic heterocycles. The fourth-order valence-corrected chi connectivity index (χ4v) is 5.88. The predicted molar refractivity (Wildman–Crippen MR) is 99.1 cm³/mol. The van der Waals surface area contributed by atoms with Gasteiger partial charge in [-0.25, -0.2) is 0 Å². The maximum absolute atomic E-state index is 2.87. The Hall–Kier alpha value is -1.32. The third-order valence-corrected chi connectivity index (χ3v) is 6.79. The van der Waals surface area contributed by atoms with Gasteiger partial charge in [0.1, 0.15) is 0 Å². The number of hydrogen-bond donors (Lipinski definition) is 0. The highest BCUT2D eigenvalue weighted by Gasteiger charge is 2.50. The van der Waals surface area contributed by atoms with Crippen LogP contribution in [0.15, 0.2) is 24.3 Å². The Bertz CT molecular complexity index is 762. The van der Waals surface area contributed by atoms with E-state index in [0.717, 1.165) is 6.04 Å². The van der Waals surface area contributed by atoms with Gasteiger partial charge in [0.2, 0.25) is 0 Å². The lowest BCUT2D eigenvalue weighted by atomic mass is 9.90. The Morgan fingerprint density at radius 2 is 1.96 bits per heavy atom. The molecule has 0 N–H and O–H groups in total. The summed E-state index contributed by atoms with van der Waals surface area (Å²) in [6.45, 7) is 4.89. The summed E-state index contributed by atoms with van der Waals surface area (Å²) in [6.07, 6.45) is 8.68. The van der Waals surface area contributed by atoms with Crippen LogP contribution in [0.25, 0.3) is 10.9 Å². The predicted octanol–water partition coefficient (Wildman–Crippen LogP) is 4.07. The molecule has 3 heteroatoms. The average Bonchev–Trinajstić information content (AvgIpc) is 3.10. The van der Waals surface area contributed by atoms with E-state index in [1.807, 2.05) is 0 Å². The lowest BCUT2D eigenvalue weighted by Crippen LogP contribution is -2.43. The van der Waals surface area contributed by atoms with Crippen molar-refractivity contribution in [1.29, 1.82) is 0 Å². The van der Waals surface area contributed by atoms with Crippen molar-refractivity contribution in [3.05, 3.63) is 35.5 Å². The normalized spacial score (nSPS) is 30.3. The molecule has 1 aromatic heterocycles. The number of aromatic nitrogens is 1. The van der Waals surface area contributed by atoms with E-state index >= 15 is 0 Å². The summed E-state index contributed by atoms with van der Waals surface area (Å²) >= 11 is 0. The maximum atomic E-state index is 2.87. The largest absolute Gasteiger partial charge is 0.346 e. The van der Waals surface area contributed by atoms with Crippen LogP contribution >= 0.6 is 0 Å². The van der Waals surface area contributed by atoms with E-state index in [0.29, 0.717) is 12.2 Å². The van der Waals surface area contributed by atoms with Crippen molar-refractivity contribution in [2.24, 2.45) is 7.05 Å². The van der Waals surface area contributed by atoms with E-state index in [4.69, 9.17) is 0 Å². The van der Waals surface area contributed by atoms with Crippen LogP contribution in [0.3, 0.4) is 0 Å². The molecule has 0 spiro atoms. The molecule has 5 rings (SSSR count). The molecule has 3 atom stereocenters. The first-order valence-corrected chi connectivity index (χ1v) is 9.89. The standard InChI is InChI=1S/C21H29N3/c1-3-8-19-23-13-7-6-11-18(23)21-20-16(12-14-24(19)21)15-9-4-5-10-17(15)22(20)2/h4-5,9-10,18-19,21H,3,6-8,11-14H2,1-2H3. The lowest BCUT2D eigenvalue weighted by molar-refractivity contribution is 0.0893. The van der Waals surface area contributed by atoms with Gasteiger partial charge in [-0.05, 0) is 37.3 Å². The summed E-state index contributed by atoms with van der Waals surface area (Å²) in [5, 5.41) is 1.50. The van der Waals surface area contributed by atoms with Gasteiger partial charge in [-0.2, -0.15) is 0 Å². The van der Waals surface area contributed by atoms with Crippen LogP contribution in [-0.2, 0) is 13.5 Å². The van der Waals surface area contributed by atoms with Crippen LogP contribution in [0, 0.1) is 0 Å². The molecule has 3 nitrogen and oxygen atoms in total. The highest BCUT2D eigenvalue weighted by molar-refractivity contribution is 5.86. The van der Waals surface area contributed by atoms with Crippen molar-refractivity contribution in [3.63, 3.8) is 0 Å². The number of rotatable bonds is 2. The van der Waals surface area contributed by atoms with Gasteiger partial charge in [0.05, 0.1) is 12.2 Å². The number of hydrogen-bond acceptors (Lipinski definition) is 2. The molecule has 0 aliphatic carbocycles. The van der Waals surface area contributed by atoms with Gasteiger partial charge < -0.3 is 4.57 Å². The molecule has 3 aliphatic rings. The van der Waals surface area contributed by atoms with Gasteiger partial charge in [0.15, 0.2) is 0 Å². The van der Waals surface area contributed by atoms with Crippen molar-refractivity contribution in [1.82, 2.24) is 14.4 Å². The van der Waals surface area contributed by atoms with Gasteiger partial charge in [-0.1, -0.05) is 38.0 Å². The summed E-state index contributed by atoms with van der Waals surface area (Å²) in [5.41, 5.74) is 4.68. The Balaban J connectivity index is 1.67. The van der Waals surface area contributed by atoms with Crippen LogP contribution in [-0.4, -0.2) is 39.7 Å². The van der Waals surface area contributed by atoms with Crippen molar-refractivity contribution in [3.8, 4) is 0 Å². The summed E-state index contributed by atoms with van der Waals surface area (Å²) in [4.78, 5) is 5.73. The van der Waals surface area contributed by atoms with Crippen LogP contribution in [0.4, 0.5) is 0 Å². The summed E-state index contributed by atoms with van der Waals surface area (Å²) in [7, 11) is 2.30. The minimum absolute atomic E-state index is 0.614. The number of benzene rings is 1. The van der Waals surface area contributed by atoms with E-state index in [2.05, 4.69) is 52.6 Å². The van der Waals surface area contributed by atoms with Gasteiger partial charge in [-0.15, -0.1) is 0 Å². The van der Waals surface area contributed by atoms with Crippen molar-refractivity contribution >= 4 is 10.9 Å². The highest BCUT2D eigenvalue weighted by atomic mass is 15.5. The molecule has 24 heavy (non-hydrogen) atoms. The second-order valence-electron chi connectivity index (χ2n) is 7.94. The molecule has 2 aromatic rings. The van der Waals surface area contributed by atoms with E-state index in [1.165, 1.54) is 62.5 Å². The highest BCUT2D eigenvalue weighted by Crippen LogP contribution is 2.48. The molecule has 128 valence electrons. The molecule has 1 aromatic carbocycles. The van der Waals surface area contributed by atoms with Crippen molar-refractivity contribution in [2.75, 3.05) is 13.1 Å². The Labute approximate surface area is 145 Å². The molecule has 0 amide bonds. The van der Waals surface area contributed by atoms with Gasteiger partial charge in [-0.3, -0.25) is 9.80 Å². The van der Waals surface area contributed by atoms with Crippen LogP contribution in [0.5, 0.6) is 0 Å². The molecule has 3 unspecified atom stereocenters. The molecule has 0 radical (unpaired) electrons. The zero-order valence-corrected chi connectivity index (χ0v) is 15.0. The van der Waals surface area contributed by atoms with E-state index in [1.54, 1.807) is 11.3 Å². The molecular formula is C21H29N3. The Kier molecular flexibility index (Phi) is 3.50. The van der Waals surface area contributed by atoms with Gasteiger partial charge in [0, 0.05) is 42.8 Å².